The molecular weight excluding hydrogens is 264 g/mol. The number of hydrogen-bond acceptors (Lipinski definition) is 3. The summed E-state index contributed by atoms with van der Waals surface area (Å²) in [6.45, 7) is 0. The van der Waals surface area contributed by atoms with Gasteiger partial charge in [-0.25, -0.2) is 18.7 Å². The SMILES string of the molecule is O=C(Nc1nccnc1Cl)C1CCC(F)(F)CC1. The molecular formula is C11H12ClF2N3O. The first-order valence-corrected chi connectivity index (χ1v) is 6.01. The van der Waals surface area contributed by atoms with Gasteiger partial charge in [-0.1, -0.05) is 11.6 Å². The van der Waals surface area contributed by atoms with Crippen LogP contribution in [-0.2, 0) is 4.79 Å². The smallest absolute Gasteiger partial charge is 0.248 e. The summed E-state index contributed by atoms with van der Waals surface area (Å²) >= 11 is 5.74. The van der Waals surface area contributed by atoms with Crippen LogP contribution in [0.25, 0.3) is 0 Å². The molecule has 1 saturated carbocycles. The second-order valence-electron chi connectivity index (χ2n) is 4.32. The monoisotopic (exact) mass is 275 g/mol. The van der Waals surface area contributed by atoms with Crippen molar-refractivity contribution in [1.29, 1.82) is 0 Å². The number of carbonyl (C=O) groups is 1. The van der Waals surface area contributed by atoms with Crippen molar-refractivity contribution in [2.45, 2.75) is 31.6 Å². The summed E-state index contributed by atoms with van der Waals surface area (Å²) in [4.78, 5) is 19.5. The Labute approximate surface area is 108 Å². The predicted octanol–water partition coefficient (Wildman–Crippen LogP) is 2.89. The summed E-state index contributed by atoms with van der Waals surface area (Å²) in [5.74, 6) is -3.21. The Hall–Kier alpha value is -1.30. The van der Waals surface area contributed by atoms with Gasteiger partial charge in [0.1, 0.15) is 0 Å². The molecule has 0 spiro atoms. The molecule has 18 heavy (non-hydrogen) atoms. The Morgan fingerprint density at radius 1 is 1.33 bits per heavy atom. The molecule has 1 aliphatic rings. The first-order chi connectivity index (χ1) is 8.48. The van der Waals surface area contributed by atoms with Crippen molar-refractivity contribution in [3.05, 3.63) is 17.5 Å². The fraction of sp³-hybridized carbons (Fsp3) is 0.545. The molecule has 2 rings (SSSR count). The topological polar surface area (TPSA) is 54.9 Å². The van der Waals surface area contributed by atoms with Crippen LogP contribution < -0.4 is 5.32 Å². The van der Waals surface area contributed by atoms with E-state index in [1.54, 1.807) is 0 Å². The van der Waals surface area contributed by atoms with Gasteiger partial charge in [0.05, 0.1) is 0 Å². The predicted molar refractivity (Wildman–Crippen MR) is 62.6 cm³/mol. The van der Waals surface area contributed by atoms with Gasteiger partial charge < -0.3 is 5.32 Å². The molecule has 0 atom stereocenters. The van der Waals surface area contributed by atoms with Gasteiger partial charge in [-0.3, -0.25) is 4.79 Å². The zero-order valence-corrected chi connectivity index (χ0v) is 10.3. The van der Waals surface area contributed by atoms with Gasteiger partial charge in [0, 0.05) is 31.2 Å². The third kappa shape index (κ3) is 3.13. The average molecular weight is 276 g/mol. The third-order valence-corrected chi connectivity index (χ3v) is 3.26. The maximum absolute atomic E-state index is 13.0. The highest BCUT2D eigenvalue weighted by Crippen LogP contribution is 2.36. The van der Waals surface area contributed by atoms with E-state index in [0.29, 0.717) is 0 Å². The zero-order chi connectivity index (χ0) is 13.2. The molecule has 98 valence electrons. The van der Waals surface area contributed by atoms with Crippen LogP contribution in [0.4, 0.5) is 14.6 Å². The number of halogens is 3. The van der Waals surface area contributed by atoms with Crippen LogP contribution in [0.5, 0.6) is 0 Å². The van der Waals surface area contributed by atoms with Crippen LogP contribution in [0.15, 0.2) is 12.4 Å². The minimum Gasteiger partial charge on any atom is -0.308 e. The van der Waals surface area contributed by atoms with Crippen LogP contribution in [0.1, 0.15) is 25.7 Å². The third-order valence-electron chi connectivity index (χ3n) is 2.98. The summed E-state index contributed by atoms with van der Waals surface area (Å²) in [5.41, 5.74) is 0. The summed E-state index contributed by atoms with van der Waals surface area (Å²) < 4.78 is 25.9. The number of carbonyl (C=O) groups excluding carboxylic acids is 1. The molecule has 1 fully saturated rings. The van der Waals surface area contributed by atoms with Crippen LogP contribution >= 0.6 is 11.6 Å². The molecule has 1 aromatic rings. The zero-order valence-electron chi connectivity index (χ0n) is 9.50. The second-order valence-corrected chi connectivity index (χ2v) is 4.67. The van der Waals surface area contributed by atoms with Crippen molar-refractivity contribution >= 4 is 23.3 Å². The van der Waals surface area contributed by atoms with E-state index in [1.165, 1.54) is 12.4 Å². The molecule has 0 unspecified atom stereocenters. The van der Waals surface area contributed by atoms with Crippen molar-refractivity contribution in [2.24, 2.45) is 5.92 Å². The Bertz CT molecular complexity index is 446. The van der Waals surface area contributed by atoms with E-state index >= 15 is 0 Å². The number of alkyl halides is 2. The molecule has 7 heteroatoms. The van der Waals surface area contributed by atoms with Crippen molar-refractivity contribution in [3.8, 4) is 0 Å². The molecule has 0 aromatic carbocycles. The van der Waals surface area contributed by atoms with Crippen molar-refractivity contribution in [3.63, 3.8) is 0 Å². The molecule has 1 amide bonds. The Kier molecular flexibility index (Phi) is 3.75. The van der Waals surface area contributed by atoms with E-state index in [2.05, 4.69) is 15.3 Å². The summed E-state index contributed by atoms with van der Waals surface area (Å²) in [7, 11) is 0. The number of nitrogens with zero attached hydrogens (tertiary/aromatic N) is 2. The highest BCUT2D eigenvalue weighted by Gasteiger charge is 2.37. The molecule has 1 N–H and O–H groups in total. The van der Waals surface area contributed by atoms with Gasteiger partial charge in [0.2, 0.25) is 11.8 Å². The lowest BCUT2D eigenvalue weighted by molar-refractivity contribution is -0.124. The normalized spacial score (nSPS) is 19.5. The quantitative estimate of drug-likeness (QED) is 0.903. The molecule has 1 heterocycles. The number of anilines is 1. The minimum absolute atomic E-state index is 0.0898. The molecule has 1 aliphatic carbocycles. The van der Waals surface area contributed by atoms with Crippen LogP contribution in [0.2, 0.25) is 5.15 Å². The number of hydrogen-bond donors (Lipinski definition) is 1. The first kappa shape index (κ1) is 13.1. The van der Waals surface area contributed by atoms with Gasteiger partial charge in [-0.05, 0) is 12.8 Å². The van der Waals surface area contributed by atoms with Crippen molar-refractivity contribution in [1.82, 2.24) is 9.97 Å². The summed E-state index contributed by atoms with van der Waals surface area (Å²) in [6, 6.07) is 0. The van der Waals surface area contributed by atoms with E-state index in [1.807, 2.05) is 0 Å². The number of aromatic nitrogens is 2. The van der Waals surface area contributed by atoms with Crippen molar-refractivity contribution in [2.75, 3.05) is 5.32 Å². The molecule has 0 bridgehead atoms. The maximum Gasteiger partial charge on any atom is 0.248 e. The summed E-state index contributed by atoms with van der Waals surface area (Å²) in [5, 5.41) is 2.61. The van der Waals surface area contributed by atoms with Crippen LogP contribution in [0.3, 0.4) is 0 Å². The van der Waals surface area contributed by atoms with Crippen LogP contribution in [0, 0.1) is 5.92 Å². The highest BCUT2D eigenvalue weighted by molar-refractivity contribution is 6.32. The van der Waals surface area contributed by atoms with E-state index in [9.17, 15) is 13.6 Å². The lowest BCUT2D eigenvalue weighted by Gasteiger charge is -2.27. The van der Waals surface area contributed by atoms with Gasteiger partial charge in [0.25, 0.3) is 0 Å². The lowest BCUT2D eigenvalue weighted by Crippen LogP contribution is -2.32. The fourth-order valence-corrected chi connectivity index (χ4v) is 2.08. The largest absolute Gasteiger partial charge is 0.308 e. The number of amides is 1. The number of rotatable bonds is 2. The molecule has 0 aliphatic heterocycles. The first-order valence-electron chi connectivity index (χ1n) is 5.63. The van der Waals surface area contributed by atoms with E-state index < -0.39 is 11.8 Å². The molecule has 1 aromatic heterocycles. The van der Waals surface area contributed by atoms with E-state index in [4.69, 9.17) is 11.6 Å². The minimum atomic E-state index is -2.64. The van der Waals surface area contributed by atoms with Gasteiger partial charge in [0.15, 0.2) is 11.0 Å². The van der Waals surface area contributed by atoms with Gasteiger partial charge in [-0.2, -0.15) is 0 Å². The van der Waals surface area contributed by atoms with E-state index in [0.717, 1.165) is 0 Å². The molecule has 0 saturated heterocycles. The van der Waals surface area contributed by atoms with Gasteiger partial charge in [-0.15, -0.1) is 0 Å². The standard InChI is InChI=1S/C11H12ClF2N3O/c12-8-9(16-6-5-15-8)17-10(18)7-1-3-11(13,14)4-2-7/h5-7H,1-4H2,(H,16,17,18). The van der Waals surface area contributed by atoms with Crippen molar-refractivity contribution < 1.29 is 13.6 Å². The Morgan fingerprint density at radius 3 is 2.56 bits per heavy atom. The highest BCUT2D eigenvalue weighted by atomic mass is 35.5. The Morgan fingerprint density at radius 2 is 1.94 bits per heavy atom. The number of nitrogens with one attached hydrogen (secondary N) is 1. The molecule has 0 radical (unpaired) electrons. The van der Waals surface area contributed by atoms with E-state index in [-0.39, 0.29) is 42.6 Å². The summed E-state index contributed by atoms with van der Waals surface area (Å²) in [6.07, 6.45) is 2.65. The maximum atomic E-state index is 13.0. The molecule has 4 nitrogen and oxygen atoms in total. The van der Waals surface area contributed by atoms with Gasteiger partial charge >= 0.3 is 0 Å². The fourth-order valence-electron chi connectivity index (χ4n) is 1.93. The van der Waals surface area contributed by atoms with Crippen LogP contribution in [-0.4, -0.2) is 21.8 Å². The average Bonchev–Trinajstić information content (AvgIpc) is 2.32. The second kappa shape index (κ2) is 5.14. The Balaban J connectivity index is 1.95. The lowest BCUT2D eigenvalue weighted by atomic mass is 9.86.